The fraction of sp³-hybridized carbons (Fsp3) is 0.381. The fourth-order valence-corrected chi connectivity index (χ4v) is 3.83. The number of hydrogen-bond acceptors (Lipinski definition) is 4. The molecule has 0 aliphatic rings. The van der Waals surface area contributed by atoms with E-state index in [1.54, 1.807) is 19.1 Å². The van der Waals surface area contributed by atoms with Crippen LogP contribution in [0.2, 0.25) is 0 Å². The summed E-state index contributed by atoms with van der Waals surface area (Å²) >= 11 is 0. The Morgan fingerprint density at radius 1 is 1.11 bits per heavy atom. The van der Waals surface area contributed by atoms with Crippen molar-refractivity contribution in [3.63, 3.8) is 0 Å². The Kier molecular flexibility index (Phi) is 6.52. The van der Waals surface area contributed by atoms with Crippen molar-refractivity contribution in [2.45, 2.75) is 57.4 Å². The van der Waals surface area contributed by atoms with Gasteiger partial charge in [0.25, 0.3) is 5.91 Å². The van der Waals surface area contributed by atoms with Gasteiger partial charge in [0.05, 0.1) is 10.6 Å². The van der Waals surface area contributed by atoms with Gasteiger partial charge in [0.1, 0.15) is 5.75 Å². The summed E-state index contributed by atoms with van der Waals surface area (Å²) in [6.07, 6.45) is 0.677. The molecule has 0 spiro atoms. The van der Waals surface area contributed by atoms with Crippen molar-refractivity contribution in [3.05, 3.63) is 53.6 Å². The SMILES string of the molecule is CCC(C)NS(=O)(=O)c1ccc(C(=O)Nc2cc(C(C)(C)C)ccc2O)cc1. The molecule has 28 heavy (non-hydrogen) atoms. The molecule has 0 aliphatic carbocycles. The molecule has 2 rings (SSSR count). The molecule has 0 radical (unpaired) electrons. The number of carbonyl (C=O) groups is 1. The highest BCUT2D eigenvalue weighted by Crippen LogP contribution is 2.31. The summed E-state index contributed by atoms with van der Waals surface area (Å²) in [7, 11) is -3.62. The summed E-state index contributed by atoms with van der Waals surface area (Å²) in [6, 6.07) is 10.6. The summed E-state index contributed by atoms with van der Waals surface area (Å²) in [5, 5.41) is 12.7. The molecule has 0 bridgehead atoms. The second-order valence-electron chi connectivity index (χ2n) is 7.89. The summed E-state index contributed by atoms with van der Waals surface area (Å²) in [5.41, 5.74) is 1.44. The number of phenolic OH excluding ortho intramolecular Hbond substituents is 1. The summed E-state index contributed by atoms with van der Waals surface area (Å²) in [5.74, 6) is -0.460. The van der Waals surface area contributed by atoms with Gasteiger partial charge in [0.15, 0.2) is 0 Å². The number of phenols is 1. The molecule has 1 amide bonds. The zero-order chi connectivity index (χ0) is 21.1. The van der Waals surface area contributed by atoms with E-state index in [0.29, 0.717) is 17.7 Å². The fourth-order valence-electron chi connectivity index (χ4n) is 2.50. The van der Waals surface area contributed by atoms with E-state index in [4.69, 9.17) is 0 Å². The maximum Gasteiger partial charge on any atom is 0.255 e. The highest BCUT2D eigenvalue weighted by molar-refractivity contribution is 7.89. The number of aromatic hydroxyl groups is 1. The predicted octanol–water partition coefficient (Wildman–Crippen LogP) is 4.02. The zero-order valence-electron chi connectivity index (χ0n) is 16.9. The van der Waals surface area contributed by atoms with Crippen LogP contribution >= 0.6 is 0 Å². The van der Waals surface area contributed by atoms with Gasteiger partial charge in [-0.05, 0) is 60.7 Å². The van der Waals surface area contributed by atoms with Crippen LogP contribution in [0.3, 0.4) is 0 Å². The highest BCUT2D eigenvalue weighted by Gasteiger charge is 2.19. The first-order valence-electron chi connectivity index (χ1n) is 9.21. The van der Waals surface area contributed by atoms with E-state index in [9.17, 15) is 18.3 Å². The Balaban J connectivity index is 2.20. The van der Waals surface area contributed by atoms with Gasteiger partial charge < -0.3 is 10.4 Å². The van der Waals surface area contributed by atoms with Crippen molar-refractivity contribution in [2.24, 2.45) is 0 Å². The van der Waals surface area contributed by atoms with Crippen LogP contribution < -0.4 is 10.0 Å². The average molecular weight is 405 g/mol. The number of rotatable bonds is 6. The lowest BCUT2D eigenvalue weighted by Gasteiger charge is -2.20. The Labute approximate surface area is 167 Å². The van der Waals surface area contributed by atoms with Crippen LogP contribution in [-0.2, 0) is 15.4 Å². The van der Waals surface area contributed by atoms with Gasteiger partial charge in [-0.1, -0.05) is 33.8 Å². The Bertz CT molecular complexity index is 945. The van der Waals surface area contributed by atoms with Crippen LogP contribution in [0.5, 0.6) is 5.75 Å². The van der Waals surface area contributed by atoms with Gasteiger partial charge in [-0.25, -0.2) is 13.1 Å². The maximum atomic E-state index is 12.5. The molecular weight excluding hydrogens is 376 g/mol. The number of sulfonamides is 1. The minimum atomic E-state index is -3.62. The molecule has 7 heteroatoms. The third-order valence-corrected chi connectivity index (χ3v) is 6.11. The van der Waals surface area contributed by atoms with Crippen molar-refractivity contribution in [3.8, 4) is 5.75 Å². The molecule has 0 aliphatic heterocycles. The third kappa shape index (κ3) is 5.33. The predicted molar refractivity (Wildman–Crippen MR) is 111 cm³/mol. The minimum Gasteiger partial charge on any atom is -0.506 e. The highest BCUT2D eigenvalue weighted by atomic mass is 32.2. The molecule has 1 atom stereocenters. The van der Waals surface area contributed by atoms with Crippen LogP contribution in [0.25, 0.3) is 0 Å². The molecule has 152 valence electrons. The first-order chi connectivity index (χ1) is 12.9. The number of amides is 1. The molecular formula is C21H28N2O4S. The quantitative estimate of drug-likeness (QED) is 0.634. The van der Waals surface area contributed by atoms with Gasteiger partial charge in [0, 0.05) is 11.6 Å². The molecule has 2 aromatic carbocycles. The maximum absolute atomic E-state index is 12.5. The Morgan fingerprint density at radius 3 is 2.25 bits per heavy atom. The smallest absolute Gasteiger partial charge is 0.255 e. The summed E-state index contributed by atoms with van der Waals surface area (Å²) in [4.78, 5) is 12.6. The van der Waals surface area contributed by atoms with E-state index in [1.807, 2.05) is 33.8 Å². The summed E-state index contributed by atoms with van der Waals surface area (Å²) < 4.78 is 27.2. The monoisotopic (exact) mass is 404 g/mol. The minimum absolute atomic E-state index is 0.0294. The van der Waals surface area contributed by atoms with Gasteiger partial charge in [-0.15, -0.1) is 0 Å². The van der Waals surface area contributed by atoms with Crippen LogP contribution in [0.15, 0.2) is 47.4 Å². The molecule has 0 aromatic heterocycles. The van der Waals surface area contributed by atoms with Crippen molar-refractivity contribution < 1.29 is 18.3 Å². The number of nitrogens with one attached hydrogen (secondary N) is 2. The normalized spacial score (nSPS) is 13.2. The first kappa shape index (κ1) is 21.9. The van der Waals surface area contributed by atoms with E-state index < -0.39 is 15.9 Å². The second kappa shape index (κ2) is 8.32. The van der Waals surface area contributed by atoms with E-state index in [0.717, 1.165) is 5.56 Å². The summed E-state index contributed by atoms with van der Waals surface area (Å²) in [6.45, 7) is 9.80. The van der Waals surface area contributed by atoms with Crippen LogP contribution in [0.1, 0.15) is 57.0 Å². The van der Waals surface area contributed by atoms with E-state index in [1.165, 1.54) is 24.3 Å². The molecule has 2 aromatic rings. The molecule has 6 nitrogen and oxygen atoms in total. The Morgan fingerprint density at radius 2 is 1.71 bits per heavy atom. The molecule has 1 unspecified atom stereocenters. The van der Waals surface area contributed by atoms with Crippen molar-refractivity contribution in [1.29, 1.82) is 0 Å². The standard InChI is InChI=1S/C21H28N2O4S/c1-6-14(2)23-28(26,27)17-10-7-15(8-11-17)20(25)22-18-13-16(21(3,4)5)9-12-19(18)24/h7-14,23-24H,6H2,1-5H3,(H,22,25). The molecule has 0 fully saturated rings. The number of anilines is 1. The lowest BCUT2D eigenvalue weighted by Crippen LogP contribution is -2.32. The average Bonchev–Trinajstić information content (AvgIpc) is 2.62. The lowest BCUT2D eigenvalue weighted by atomic mass is 9.87. The van der Waals surface area contributed by atoms with Gasteiger partial charge in [-0.2, -0.15) is 0 Å². The van der Waals surface area contributed by atoms with Gasteiger partial charge in [0.2, 0.25) is 10.0 Å². The van der Waals surface area contributed by atoms with Crippen molar-refractivity contribution in [1.82, 2.24) is 4.72 Å². The van der Waals surface area contributed by atoms with E-state index >= 15 is 0 Å². The van der Waals surface area contributed by atoms with Crippen molar-refractivity contribution >= 4 is 21.6 Å². The number of carbonyl (C=O) groups excluding carboxylic acids is 1. The zero-order valence-corrected chi connectivity index (χ0v) is 17.7. The van der Waals surface area contributed by atoms with Crippen molar-refractivity contribution in [2.75, 3.05) is 5.32 Å². The third-order valence-electron chi connectivity index (χ3n) is 4.51. The van der Waals surface area contributed by atoms with Crippen LogP contribution in [0.4, 0.5) is 5.69 Å². The van der Waals surface area contributed by atoms with E-state index in [2.05, 4.69) is 10.0 Å². The van der Waals surface area contributed by atoms with Crippen LogP contribution in [0, 0.1) is 0 Å². The molecule has 0 saturated heterocycles. The topological polar surface area (TPSA) is 95.5 Å². The molecule has 0 saturated carbocycles. The lowest BCUT2D eigenvalue weighted by molar-refractivity contribution is 0.102. The Hall–Kier alpha value is -2.38. The second-order valence-corrected chi connectivity index (χ2v) is 9.60. The molecule has 3 N–H and O–H groups in total. The van der Waals surface area contributed by atoms with Gasteiger partial charge >= 0.3 is 0 Å². The van der Waals surface area contributed by atoms with E-state index in [-0.39, 0.29) is 22.1 Å². The first-order valence-corrected chi connectivity index (χ1v) is 10.7. The molecule has 0 heterocycles. The largest absolute Gasteiger partial charge is 0.506 e. The van der Waals surface area contributed by atoms with Gasteiger partial charge in [-0.3, -0.25) is 4.79 Å². The number of hydrogen-bond donors (Lipinski definition) is 3. The number of benzene rings is 2. The van der Waals surface area contributed by atoms with Crippen LogP contribution in [-0.4, -0.2) is 25.5 Å².